The van der Waals surface area contributed by atoms with E-state index in [1.807, 2.05) is 0 Å². The molecule has 7 heteroatoms. The molecule has 1 aromatic heterocycles. The minimum absolute atomic E-state index is 0.00121. The summed E-state index contributed by atoms with van der Waals surface area (Å²) in [6.07, 6.45) is 0.216. The van der Waals surface area contributed by atoms with Gasteiger partial charge in [-0.25, -0.2) is 9.78 Å². The number of pyridine rings is 1. The van der Waals surface area contributed by atoms with Crippen molar-refractivity contribution >= 4 is 14.4 Å². The van der Waals surface area contributed by atoms with Gasteiger partial charge in [0.15, 0.2) is 8.32 Å². The molecule has 1 aromatic rings. The SMILES string of the molecule is CC(C)(C)[Si](C)(C)OCc1c(OC(N)=O)ccnc1F. The van der Waals surface area contributed by atoms with Crippen LogP contribution in [0.25, 0.3) is 0 Å². The number of hydrogen-bond donors (Lipinski definition) is 1. The van der Waals surface area contributed by atoms with Crippen LogP contribution in [0.15, 0.2) is 12.3 Å². The number of carbonyl (C=O) groups excluding carboxylic acids is 1. The molecule has 0 fully saturated rings. The molecule has 2 N–H and O–H groups in total. The Kier molecular flexibility index (Phi) is 4.88. The van der Waals surface area contributed by atoms with Gasteiger partial charge in [-0.05, 0) is 24.2 Å². The van der Waals surface area contributed by atoms with Crippen molar-refractivity contribution in [1.29, 1.82) is 0 Å². The van der Waals surface area contributed by atoms with Gasteiger partial charge >= 0.3 is 6.09 Å². The summed E-state index contributed by atoms with van der Waals surface area (Å²) in [6.45, 7) is 10.4. The molecule has 0 unspecified atom stereocenters. The van der Waals surface area contributed by atoms with Gasteiger partial charge in [0.2, 0.25) is 5.95 Å². The Morgan fingerprint density at radius 3 is 2.55 bits per heavy atom. The summed E-state index contributed by atoms with van der Waals surface area (Å²) in [5, 5.41) is -0.00358. The molecule has 0 radical (unpaired) electrons. The molecule has 0 atom stereocenters. The van der Waals surface area contributed by atoms with Crippen LogP contribution < -0.4 is 10.5 Å². The molecule has 1 heterocycles. The molecule has 20 heavy (non-hydrogen) atoms. The molecule has 1 rings (SSSR count). The Hall–Kier alpha value is -1.47. The number of rotatable bonds is 4. The van der Waals surface area contributed by atoms with E-state index in [9.17, 15) is 9.18 Å². The van der Waals surface area contributed by atoms with E-state index in [4.69, 9.17) is 14.9 Å². The van der Waals surface area contributed by atoms with Gasteiger partial charge < -0.3 is 14.9 Å². The number of hydrogen-bond acceptors (Lipinski definition) is 4. The number of carbonyl (C=O) groups is 1. The molecular formula is C13H21FN2O3Si. The number of nitrogens with zero attached hydrogens (tertiary/aromatic N) is 1. The average molecular weight is 300 g/mol. The first-order valence-corrected chi connectivity index (χ1v) is 9.20. The highest BCUT2D eigenvalue weighted by molar-refractivity contribution is 6.74. The van der Waals surface area contributed by atoms with Gasteiger partial charge in [0.25, 0.3) is 0 Å². The number of nitrogens with two attached hydrogens (primary N) is 1. The minimum atomic E-state index is -2.04. The van der Waals surface area contributed by atoms with E-state index in [-0.39, 0.29) is 23.0 Å². The molecule has 0 aliphatic carbocycles. The fraction of sp³-hybridized carbons (Fsp3) is 0.538. The van der Waals surface area contributed by atoms with Crippen LogP contribution in [0.4, 0.5) is 9.18 Å². The number of ether oxygens (including phenoxy) is 1. The van der Waals surface area contributed by atoms with E-state index >= 15 is 0 Å². The number of aromatic nitrogens is 1. The lowest BCUT2D eigenvalue weighted by molar-refractivity contribution is 0.207. The van der Waals surface area contributed by atoms with Crippen molar-refractivity contribution in [2.24, 2.45) is 5.73 Å². The molecular weight excluding hydrogens is 279 g/mol. The van der Waals surface area contributed by atoms with Crippen LogP contribution in [0.1, 0.15) is 26.3 Å². The molecule has 0 saturated heterocycles. The van der Waals surface area contributed by atoms with Crippen LogP contribution in [-0.2, 0) is 11.0 Å². The van der Waals surface area contributed by atoms with E-state index in [1.54, 1.807) is 0 Å². The van der Waals surface area contributed by atoms with E-state index in [0.29, 0.717) is 0 Å². The summed E-state index contributed by atoms with van der Waals surface area (Å²) in [7, 11) is -2.04. The van der Waals surface area contributed by atoms with Crippen LogP contribution in [0, 0.1) is 5.95 Å². The smallest absolute Gasteiger partial charge is 0.409 e. The topological polar surface area (TPSA) is 74.4 Å². The lowest BCUT2D eigenvalue weighted by Crippen LogP contribution is -2.40. The van der Waals surface area contributed by atoms with E-state index in [2.05, 4.69) is 38.8 Å². The quantitative estimate of drug-likeness (QED) is 0.684. The second-order valence-corrected chi connectivity index (χ2v) is 10.9. The highest BCUT2D eigenvalue weighted by Gasteiger charge is 2.37. The third-order valence-corrected chi connectivity index (χ3v) is 8.03. The van der Waals surface area contributed by atoms with Crippen molar-refractivity contribution < 1.29 is 18.3 Å². The second-order valence-electron chi connectivity index (χ2n) is 6.05. The second kappa shape index (κ2) is 5.88. The van der Waals surface area contributed by atoms with Gasteiger partial charge in [0.05, 0.1) is 12.2 Å². The van der Waals surface area contributed by atoms with Crippen LogP contribution in [0.2, 0.25) is 18.1 Å². The van der Waals surface area contributed by atoms with Gasteiger partial charge in [-0.3, -0.25) is 0 Å². The fourth-order valence-corrected chi connectivity index (χ4v) is 2.19. The van der Waals surface area contributed by atoms with Gasteiger partial charge in [-0.15, -0.1) is 0 Å². The molecule has 0 aromatic carbocycles. The standard InChI is InChI=1S/C13H21FN2O3Si/c1-13(2,3)20(4,5)18-8-9-10(19-12(15)17)6-7-16-11(9)14/h6-7H,8H2,1-5H3,(H2,15,17). The van der Waals surface area contributed by atoms with Crippen LogP contribution in [0.5, 0.6) is 5.75 Å². The lowest BCUT2D eigenvalue weighted by atomic mass is 10.2. The van der Waals surface area contributed by atoms with Gasteiger partial charge in [0, 0.05) is 6.20 Å². The fourth-order valence-electron chi connectivity index (χ4n) is 1.25. The summed E-state index contributed by atoms with van der Waals surface area (Å²) < 4.78 is 24.4. The summed E-state index contributed by atoms with van der Waals surface area (Å²) in [6, 6.07) is 1.39. The highest BCUT2D eigenvalue weighted by atomic mass is 28.4. The number of amides is 1. The maximum atomic E-state index is 13.8. The third kappa shape index (κ3) is 4.01. The summed E-state index contributed by atoms with van der Waals surface area (Å²) in [5.41, 5.74) is 5.07. The van der Waals surface area contributed by atoms with Crippen molar-refractivity contribution in [3.63, 3.8) is 0 Å². The molecule has 0 aliphatic heterocycles. The normalized spacial score (nSPS) is 12.3. The molecule has 0 aliphatic rings. The average Bonchev–Trinajstić information content (AvgIpc) is 2.25. The van der Waals surface area contributed by atoms with Crippen LogP contribution in [-0.4, -0.2) is 19.4 Å². The maximum Gasteiger partial charge on any atom is 0.409 e. The van der Waals surface area contributed by atoms with Crippen molar-refractivity contribution in [3.8, 4) is 5.75 Å². The Balaban J connectivity index is 2.95. The lowest BCUT2D eigenvalue weighted by Gasteiger charge is -2.36. The van der Waals surface area contributed by atoms with E-state index < -0.39 is 20.4 Å². The predicted octanol–water partition coefficient (Wildman–Crippen LogP) is 3.20. The molecule has 1 amide bonds. The van der Waals surface area contributed by atoms with Crippen LogP contribution >= 0.6 is 0 Å². The summed E-state index contributed by atoms with van der Waals surface area (Å²) in [5.74, 6) is -0.675. The van der Waals surface area contributed by atoms with E-state index in [1.165, 1.54) is 12.3 Å². The Morgan fingerprint density at radius 1 is 1.45 bits per heavy atom. The summed E-state index contributed by atoms with van der Waals surface area (Å²) in [4.78, 5) is 14.4. The molecule has 0 saturated carbocycles. The van der Waals surface area contributed by atoms with Crippen molar-refractivity contribution in [2.75, 3.05) is 0 Å². The zero-order valence-electron chi connectivity index (χ0n) is 12.5. The minimum Gasteiger partial charge on any atom is -0.412 e. The Morgan fingerprint density at radius 2 is 2.05 bits per heavy atom. The van der Waals surface area contributed by atoms with Crippen LogP contribution in [0.3, 0.4) is 0 Å². The Bertz CT molecular complexity index is 501. The van der Waals surface area contributed by atoms with Gasteiger partial charge in [-0.1, -0.05) is 20.8 Å². The molecule has 5 nitrogen and oxygen atoms in total. The number of halogens is 1. The van der Waals surface area contributed by atoms with Gasteiger partial charge in [0.1, 0.15) is 5.75 Å². The largest absolute Gasteiger partial charge is 0.412 e. The zero-order valence-corrected chi connectivity index (χ0v) is 13.5. The summed E-state index contributed by atoms with van der Waals surface area (Å²) >= 11 is 0. The molecule has 0 spiro atoms. The monoisotopic (exact) mass is 300 g/mol. The zero-order chi connectivity index (χ0) is 15.6. The van der Waals surface area contributed by atoms with Gasteiger partial charge in [-0.2, -0.15) is 4.39 Å². The van der Waals surface area contributed by atoms with Crippen molar-refractivity contribution in [3.05, 3.63) is 23.8 Å². The first-order chi connectivity index (χ1) is 9.04. The Labute approximate surface area is 119 Å². The predicted molar refractivity (Wildman–Crippen MR) is 76.4 cm³/mol. The highest BCUT2D eigenvalue weighted by Crippen LogP contribution is 2.37. The molecule has 112 valence electrons. The maximum absolute atomic E-state index is 13.8. The van der Waals surface area contributed by atoms with Crippen molar-refractivity contribution in [1.82, 2.24) is 4.98 Å². The third-order valence-electron chi connectivity index (χ3n) is 3.55. The molecule has 0 bridgehead atoms. The van der Waals surface area contributed by atoms with E-state index in [0.717, 1.165) is 0 Å². The van der Waals surface area contributed by atoms with Crippen molar-refractivity contribution in [2.45, 2.75) is 45.5 Å². The first-order valence-electron chi connectivity index (χ1n) is 6.29. The first kappa shape index (κ1) is 16.6. The number of primary amides is 1.